The summed E-state index contributed by atoms with van der Waals surface area (Å²) in [6, 6.07) is 4.98. The number of anilines is 1. The Morgan fingerprint density at radius 1 is 1.24 bits per heavy atom. The molecule has 0 fully saturated rings. The fourth-order valence-electron chi connectivity index (χ4n) is 1.22. The normalized spacial score (nSPS) is 11.5. The van der Waals surface area contributed by atoms with E-state index in [9.17, 15) is 13.2 Å². The molecule has 0 saturated carbocycles. The lowest BCUT2D eigenvalue weighted by atomic mass is 10.2. The predicted octanol–water partition coefficient (Wildman–Crippen LogP) is 3.54. The van der Waals surface area contributed by atoms with Gasteiger partial charge in [-0.3, -0.25) is 0 Å². The molecule has 3 nitrogen and oxygen atoms in total. The lowest BCUT2D eigenvalue weighted by Gasteiger charge is -2.11. The van der Waals surface area contributed by atoms with E-state index >= 15 is 0 Å². The van der Waals surface area contributed by atoms with Gasteiger partial charge in [0.15, 0.2) is 5.13 Å². The first kappa shape index (κ1) is 11.7. The Kier molecular flexibility index (Phi) is 2.93. The van der Waals surface area contributed by atoms with Crippen molar-refractivity contribution >= 4 is 16.5 Å². The third kappa shape index (κ3) is 2.68. The second kappa shape index (κ2) is 4.25. The number of nitrogen functional groups attached to an aromatic ring is 1. The molecule has 0 unspecified atom stereocenters. The van der Waals surface area contributed by atoms with E-state index in [0.29, 0.717) is 0 Å². The van der Waals surface area contributed by atoms with Crippen LogP contribution in [0.3, 0.4) is 0 Å². The maximum atomic E-state index is 12.6. The summed E-state index contributed by atoms with van der Waals surface area (Å²) >= 11 is 0.979. The summed E-state index contributed by atoms with van der Waals surface area (Å²) in [7, 11) is 0. The van der Waals surface area contributed by atoms with Gasteiger partial charge < -0.3 is 10.5 Å². The molecule has 17 heavy (non-hydrogen) atoms. The van der Waals surface area contributed by atoms with Crippen LogP contribution in [0.25, 0.3) is 0 Å². The van der Waals surface area contributed by atoms with Crippen LogP contribution in [0.15, 0.2) is 30.5 Å². The monoisotopic (exact) mass is 260 g/mol. The van der Waals surface area contributed by atoms with Crippen LogP contribution >= 0.6 is 11.3 Å². The zero-order valence-electron chi connectivity index (χ0n) is 8.36. The average molecular weight is 260 g/mol. The number of hydrogen-bond acceptors (Lipinski definition) is 4. The molecule has 0 bridgehead atoms. The van der Waals surface area contributed by atoms with Crippen molar-refractivity contribution in [1.82, 2.24) is 4.98 Å². The summed E-state index contributed by atoms with van der Waals surface area (Å²) < 4.78 is 43.0. The molecule has 1 heterocycles. The molecule has 2 aromatic rings. The van der Waals surface area contributed by atoms with Crippen molar-refractivity contribution < 1.29 is 17.9 Å². The lowest BCUT2D eigenvalue weighted by Crippen LogP contribution is -2.06. The molecule has 90 valence electrons. The van der Waals surface area contributed by atoms with Crippen molar-refractivity contribution in [3.05, 3.63) is 36.0 Å². The molecule has 1 aromatic carbocycles. The van der Waals surface area contributed by atoms with Gasteiger partial charge in [0.25, 0.3) is 0 Å². The van der Waals surface area contributed by atoms with Crippen LogP contribution in [0, 0.1) is 0 Å². The highest BCUT2D eigenvalue weighted by Crippen LogP contribution is 2.39. The van der Waals surface area contributed by atoms with Gasteiger partial charge >= 0.3 is 6.18 Å². The molecular weight excluding hydrogens is 253 g/mol. The van der Waals surface area contributed by atoms with Gasteiger partial charge in [0.1, 0.15) is 5.75 Å². The molecule has 0 radical (unpaired) electrons. The van der Waals surface area contributed by atoms with Gasteiger partial charge in [0.2, 0.25) is 5.06 Å². The number of halogens is 3. The van der Waals surface area contributed by atoms with Gasteiger partial charge in [-0.25, -0.2) is 4.98 Å². The van der Waals surface area contributed by atoms with Gasteiger partial charge in [-0.15, -0.1) is 0 Å². The summed E-state index contributed by atoms with van der Waals surface area (Å²) in [5.41, 5.74) is 4.53. The van der Waals surface area contributed by atoms with Crippen LogP contribution < -0.4 is 10.5 Å². The molecule has 0 atom stereocenters. The van der Waals surface area contributed by atoms with Crippen molar-refractivity contribution in [2.45, 2.75) is 6.18 Å². The smallest absolute Gasteiger partial charge is 0.419 e. The molecule has 2 N–H and O–H groups in total. The second-order valence-corrected chi connectivity index (χ2v) is 4.14. The van der Waals surface area contributed by atoms with Crippen molar-refractivity contribution in [3.63, 3.8) is 0 Å². The average Bonchev–Trinajstić information content (AvgIpc) is 2.63. The largest absolute Gasteiger partial charge is 0.444 e. The number of hydrogen-bond donors (Lipinski definition) is 1. The van der Waals surface area contributed by atoms with Crippen molar-refractivity contribution in [2.24, 2.45) is 0 Å². The van der Waals surface area contributed by atoms with E-state index in [1.165, 1.54) is 24.4 Å². The Hall–Kier alpha value is -1.76. The Morgan fingerprint density at radius 3 is 2.53 bits per heavy atom. The molecule has 0 spiro atoms. The van der Waals surface area contributed by atoms with Crippen LogP contribution in [0.5, 0.6) is 10.8 Å². The standard InChI is InChI=1S/C10H7F3N2OS/c11-10(12,13)6-3-1-2-4-7(6)16-8-5-15-9(14)17-8/h1-5H,(H2,14,15). The minimum atomic E-state index is -4.45. The molecule has 2 rings (SSSR count). The van der Waals surface area contributed by atoms with E-state index < -0.39 is 11.7 Å². The molecule has 0 aliphatic heterocycles. The van der Waals surface area contributed by atoms with Crippen LogP contribution in [0.4, 0.5) is 18.3 Å². The summed E-state index contributed by atoms with van der Waals surface area (Å²) in [5, 5.41) is 0.462. The second-order valence-electron chi connectivity index (χ2n) is 3.11. The molecule has 0 aliphatic carbocycles. The number of rotatable bonds is 2. The maximum Gasteiger partial charge on any atom is 0.419 e. The third-order valence-electron chi connectivity index (χ3n) is 1.91. The van der Waals surface area contributed by atoms with Crippen LogP contribution in [-0.2, 0) is 6.18 Å². The highest BCUT2D eigenvalue weighted by atomic mass is 32.1. The Morgan fingerprint density at radius 2 is 1.94 bits per heavy atom. The summed E-state index contributed by atoms with van der Waals surface area (Å²) in [6.45, 7) is 0. The number of aromatic nitrogens is 1. The number of alkyl halides is 3. The SMILES string of the molecule is Nc1ncc(Oc2ccccc2C(F)(F)F)s1. The molecule has 0 aliphatic rings. The fourth-order valence-corrected chi connectivity index (χ4v) is 1.77. The van der Waals surface area contributed by atoms with Crippen molar-refractivity contribution in [1.29, 1.82) is 0 Å². The van der Waals surface area contributed by atoms with Gasteiger partial charge in [-0.2, -0.15) is 13.2 Å². The number of nitrogens with two attached hydrogens (primary N) is 1. The number of ether oxygens (including phenoxy) is 1. The van der Waals surface area contributed by atoms with Crippen LogP contribution in [0.1, 0.15) is 5.56 Å². The topological polar surface area (TPSA) is 48.1 Å². The predicted molar refractivity (Wildman–Crippen MR) is 58.0 cm³/mol. The zero-order chi connectivity index (χ0) is 12.5. The van der Waals surface area contributed by atoms with E-state index in [0.717, 1.165) is 17.4 Å². The van der Waals surface area contributed by atoms with E-state index in [1.54, 1.807) is 0 Å². The highest BCUT2D eigenvalue weighted by molar-refractivity contribution is 7.17. The van der Waals surface area contributed by atoms with Crippen LogP contribution in [0.2, 0.25) is 0 Å². The van der Waals surface area contributed by atoms with E-state index in [4.69, 9.17) is 10.5 Å². The quantitative estimate of drug-likeness (QED) is 0.898. The molecular formula is C10H7F3N2OS. The number of para-hydroxylation sites is 1. The Balaban J connectivity index is 2.33. The highest BCUT2D eigenvalue weighted by Gasteiger charge is 2.34. The van der Waals surface area contributed by atoms with E-state index in [2.05, 4.69) is 4.98 Å². The van der Waals surface area contributed by atoms with E-state index in [1.807, 2.05) is 0 Å². The minimum Gasteiger partial charge on any atom is -0.444 e. The van der Waals surface area contributed by atoms with E-state index in [-0.39, 0.29) is 15.9 Å². The fraction of sp³-hybridized carbons (Fsp3) is 0.100. The summed E-state index contributed by atoms with van der Waals surface area (Å²) in [6.07, 6.45) is -3.17. The Bertz CT molecular complexity index is 524. The van der Waals surface area contributed by atoms with Gasteiger partial charge in [-0.05, 0) is 12.1 Å². The van der Waals surface area contributed by atoms with Crippen molar-refractivity contribution in [2.75, 3.05) is 5.73 Å². The lowest BCUT2D eigenvalue weighted by molar-refractivity contribution is -0.138. The van der Waals surface area contributed by atoms with Crippen molar-refractivity contribution in [3.8, 4) is 10.8 Å². The molecule has 0 amide bonds. The zero-order valence-corrected chi connectivity index (χ0v) is 9.18. The Labute approximate surface area is 98.7 Å². The molecule has 0 saturated heterocycles. The van der Waals surface area contributed by atoms with Gasteiger partial charge in [0.05, 0.1) is 11.8 Å². The number of benzene rings is 1. The minimum absolute atomic E-state index is 0.221. The number of thiazole rings is 1. The van der Waals surface area contributed by atoms with Crippen LogP contribution in [-0.4, -0.2) is 4.98 Å². The molecule has 1 aromatic heterocycles. The first-order valence-electron chi connectivity index (χ1n) is 4.52. The molecule has 7 heteroatoms. The first-order chi connectivity index (χ1) is 7.97. The first-order valence-corrected chi connectivity index (χ1v) is 5.34. The van der Waals surface area contributed by atoms with Gasteiger partial charge in [-0.1, -0.05) is 23.5 Å². The third-order valence-corrected chi connectivity index (χ3v) is 2.61. The maximum absolute atomic E-state index is 12.6. The summed E-state index contributed by atoms with van der Waals surface area (Å²) in [4.78, 5) is 3.69. The van der Waals surface area contributed by atoms with Gasteiger partial charge in [0, 0.05) is 0 Å². The number of nitrogens with zero attached hydrogens (tertiary/aromatic N) is 1. The summed E-state index contributed by atoms with van der Waals surface area (Å²) in [5.74, 6) is -0.261.